The van der Waals surface area contributed by atoms with E-state index in [4.69, 9.17) is 23.9 Å². The zero-order chi connectivity index (χ0) is 19.1. The van der Waals surface area contributed by atoms with E-state index >= 15 is 0 Å². The van der Waals surface area contributed by atoms with E-state index in [0.717, 1.165) is 16.7 Å². The van der Waals surface area contributed by atoms with Crippen LogP contribution in [0.25, 0.3) is 39.6 Å². The maximum absolute atomic E-state index is 5.62. The number of hydrogen-bond donors (Lipinski definition) is 0. The number of rotatable bonds is 4. The largest absolute Gasteiger partial charge is 0.493 e. The summed E-state index contributed by atoms with van der Waals surface area (Å²) in [6.07, 6.45) is 1.62. The third-order valence-corrected chi connectivity index (χ3v) is 4.54. The van der Waals surface area contributed by atoms with Crippen LogP contribution >= 0.6 is 0 Å². The third kappa shape index (κ3) is 2.48. The van der Waals surface area contributed by atoms with E-state index in [1.54, 1.807) is 20.5 Å². The van der Waals surface area contributed by atoms with Gasteiger partial charge in [-0.3, -0.25) is 4.57 Å². The van der Waals surface area contributed by atoms with Crippen LogP contribution in [0.3, 0.4) is 0 Å². The number of hydrogen-bond acceptors (Lipinski definition) is 6. The third-order valence-electron chi connectivity index (χ3n) is 4.54. The van der Waals surface area contributed by atoms with Gasteiger partial charge in [-0.15, -0.1) is 0 Å². The van der Waals surface area contributed by atoms with E-state index in [-0.39, 0.29) is 0 Å². The molecule has 0 N–H and O–H groups in total. The van der Waals surface area contributed by atoms with Gasteiger partial charge in [0.2, 0.25) is 0 Å². The molecule has 0 aliphatic heterocycles. The molecule has 0 saturated carbocycles. The SMILES string of the molecule is COc1ccc(-n2c(-c3ccco3)nc3nc4ccccc4nc32)cc1OC. The summed E-state index contributed by atoms with van der Waals surface area (Å²) in [5.41, 5.74) is 3.58. The molecule has 0 saturated heterocycles. The fourth-order valence-electron chi connectivity index (χ4n) is 3.24. The monoisotopic (exact) mass is 372 g/mol. The summed E-state index contributed by atoms with van der Waals surface area (Å²) in [6, 6.07) is 17.1. The van der Waals surface area contributed by atoms with E-state index in [0.29, 0.717) is 34.4 Å². The molecule has 3 aromatic heterocycles. The van der Waals surface area contributed by atoms with Crippen LogP contribution in [0.2, 0.25) is 0 Å². The molecule has 0 spiro atoms. The lowest BCUT2D eigenvalue weighted by molar-refractivity contribution is 0.355. The molecular formula is C21H16N4O3. The predicted octanol–water partition coefficient (Wildman–Crippen LogP) is 4.25. The lowest BCUT2D eigenvalue weighted by Gasteiger charge is -2.12. The van der Waals surface area contributed by atoms with Gasteiger partial charge in [0.15, 0.2) is 34.4 Å². The Balaban J connectivity index is 1.85. The minimum atomic E-state index is 0.542. The molecule has 28 heavy (non-hydrogen) atoms. The number of aromatic nitrogens is 4. The van der Waals surface area contributed by atoms with Crippen LogP contribution in [0.5, 0.6) is 11.5 Å². The van der Waals surface area contributed by atoms with E-state index in [1.807, 2.05) is 59.2 Å². The van der Waals surface area contributed by atoms with Crippen LogP contribution in [0.15, 0.2) is 65.3 Å². The van der Waals surface area contributed by atoms with Gasteiger partial charge in [-0.05, 0) is 36.4 Å². The average molecular weight is 372 g/mol. The maximum atomic E-state index is 5.62. The number of benzene rings is 2. The van der Waals surface area contributed by atoms with Crippen LogP contribution in [-0.4, -0.2) is 33.7 Å². The normalized spacial score (nSPS) is 11.2. The summed E-state index contributed by atoms with van der Waals surface area (Å²) in [5, 5.41) is 0. The van der Waals surface area contributed by atoms with Crippen molar-refractivity contribution in [1.82, 2.24) is 19.5 Å². The second-order valence-electron chi connectivity index (χ2n) is 6.15. The molecule has 138 valence electrons. The Morgan fingerprint density at radius 2 is 1.61 bits per heavy atom. The van der Waals surface area contributed by atoms with Gasteiger partial charge in [-0.25, -0.2) is 15.0 Å². The quantitative estimate of drug-likeness (QED) is 0.470. The van der Waals surface area contributed by atoms with Gasteiger partial charge in [0, 0.05) is 6.07 Å². The standard InChI is InChI=1S/C21H16N4O3/c1-26-16-10-9-13(12-18(16)27-2)25-20(17-8-5-11-28-17)24-19-21(25)23-15-7-4-3-6-14(15)22-19/h3-12H,1-2H3. The Morgan fingerprint density at radius 3 is 2.32 bits per heavy atom. The van der Waals surface area contributed by atoms with E-state index in [2.05, 4.69) is 4.98 Å². The van der Waals surface area contributed by atoms with Gasteiger partial charge in [0.05, 0.1) is 37.2 Å². The topological polar surface area (TPSA) is 75.2 Å². The van der Waals surface area contributed by atoms with Crippen LogP contribution in [-0.2, 0) is 0 Å². The molecule has 5 aromatic rings. The summed E-state index contributed by atoms with van der Waals surface area (Å²) < 4.78 is 18.4. The minimum absolute atomic E-state index is 0.542. The Labute approximate surface area is 160 Å². The van der Waals surface area contributed by atoms with Gasteiger partial charge in [-0.1, -0.05) is 12.1 Å². The Morgan fingerprint density at radius 1 is 0.821 bits per heavy atom. The molecule has 0 radical (unpaired) electrons. The number of fused-ring (bicyclic) bond motifs is 2. The first-order valence-corrected chi connectivity index (χ1v) is 8.70. The van der Waals surface area contributed by atoms with Crippen LogP contribution < -0.4 is 9.47 Å². The number of furan rings is 1. The fourth-order valence-corrected chi connectivity index (χ4v) is 3.24. The molecule has 0 atom stereocenters. The molecule has 2 aromatic carbocycles. The second-order valence-corrected chi connectivity index (χ2v) is 6.15. The van der Waals surface area contributed by atoms with E-state index < -0.39 is 0 Å². The Bertz CT molecular complexity index is 1290. The van der Waals surface area contributed by atoms with Gasteiger partial charge >= 0.3 is 0 Å². The Kier molecular flexibility index (Phi) is 3.72. The summed E-state index contributed by atoms with van der Waals surface area (Å²) in [6.45, 7) is 0. The van der Waals surface area contributed by atoms with Crippen LogP contribution in [0.1, 0.15) is 0 Å². The van der Waals surface area contributed by atoms with Crippen molar-refractivity contribution in [2.45, 2.75) is 0 Å². The average Bonchev–Trinajstić information content (AvgIpc) is 3.39. The number of ether oxygens (including phenoxy) is 2. The lowest BCUT2D eigenvalue weighted by atomic mass is 10.2. The van der Waals surface area contributed by atoms with E-state index in [9.17, 15) is 0 Å². The van der Waals surface area contributed by atoms with Gasteiger partial charge in [0.25, 0.3) is 0 Å². The highest BCUT2D eigenvalue weighted by atomic mass is 16.5. The second kappa shape index (κ2) is 6.38. The van der Waals surface area contributed by atoms with Crippen molar-refractivity contribution in [2.24, 2.45) is 0 Å². The van der Waals surface area contributed by atoms with Gasteiger partial charge in [-0.2, -0.15) is 0 Å². The summed E-state index contributed by atoms with van der Waals surface area (Å²) in [5.74, 6) is 2.49. The molecule has 5 rings (SSSR count). The van der Waals surface area contributed by atoms with Crippen molar-refractivity contribution in [2.75, 3.05) is 14.2 Å². The highest BCUT2D eigenvalue weighted by molar-refractivity contribution is 5.85. The summed E-state index contributed by atoms with van der Waals surface area (Å²) in [4.78, 5) is 14.2. The van der Waals surface area contributed by atoms with Crippen molar-refractivity contribution in [3.63, 3.8) is 0 Å². The van der Waals surface area contributed by atoms with Crippen molar-refractivity contribution in [1.29, 1.82) is 0 Å². The zero-order valence-electron chi connectivity index (χ0n) is 15.3. The molecular weight excluding hydrogens is 356 g/mol. The molecule has 0 amide bonds. The molecule has 7 nitrogen and oxygen atoms in total. The number of nitrogens with zero attached hydrogens (tertiary/aromatic N) is 4. The van der Waals surface area contributed by atoms with Gasteiger partial charge < -0.3 is 13.9 Å². The van der Waals surface area contributed by atoms with Crippen LogP contribution in [0.4, 0.5) is 0 Å². The number of imidazole rings is 1. The van der Waals surface area contributed by atoms with Crippen molar-refractivity contribution < 1.29 is 13.9 Å². The summed E-state index contributed by atoms with van der Waals surface area (Å²) in [7, 11) is 3.21. The number of methoxy groups -OCH3 is 2. The molecule has 0 aliphatic carbocycles. The van der Waals surface area contributed by atoms with Crippen LogP contribution in [0, 0.1) is 0 Å². The first-order chi connectivity index (χ1) is 13.8. The fraction of sp³-hybridized carbons (Fsp3) is 0.0952. The highest BCUT2D eigenvalue weighted by Gasteiger charge is 2.20. The smallest absolute Gasteiger partial charge is 0.199 e. The number of para-hydroxylation sites is 2. The Hall–Kier alpha value is -3.87. The lowest BCUT2D eigenvalue weighted by Crippen LogP contribution is -2.00. The molecule has 3 heterocycles. The summed E-state index contributed by atoms with van der Waals surface area (Å²) >= 11 is 0. The molecule has 7 heteroatoms. The molecule has 0 bridgehead atoms. The predicted molar refractivity (Wildman–Crippen MR) is 105 cm³/mol. The highest BCUT2D eigenvalue weighted by Crippen LogP contribution is 2.33. The molecule has 0 unspecified atom stereocenters. The first-order valence-electron chi connectivity index (χ1n) is 8.70. The zero-order valence-corrected chi connectivity index (χ0v) is 15.3. The van der Waals surface area contributed by atoms with Crippen molar-refractivity contribution in [3.8, 4) is 28.8 Å². The van der Waals surface area contributed by atoms with Crippen molar-refractivity contribution in [3.05, 3.63) is 60.9 Å². The van der Waals surface area contributed by atoms with E-state index in [1.165, 1.54) is 0 Å². The van der Waals surface area contributed by atoms with Gasteiger partial charge in [0.1, 0.15) is 0 Å². The van der Waals surface area contributed by atoms with Crippen molar-refractivity contribution >= 4 is 22.3 Å². The first kappa shape index (κ1) is 16.3. The molecule has 0 aliphatic rings. The minimum Gasteiger partial charge on any atom is -0.493 e. The maximum Gasteiger partial charge on any atom is 0.199 e. The molecule has 0 fully saturated rings.